The van der Waals surface area contributed by atoms with Gasteiger partial charge in [-0.15, -0.1) is 0 Å². The van der Waals surface area contributed by atoms with Crippen molar-refractivity contribution in [2.75, 3.05) is 11.9 Å². The highest BCUT2D eigenvalue weighted by molar-refractivity contribution is 6.47. The predicted octanol–water partition coefficient (Wildman–Crippen LogP) is 4.83. The Bertz CT molecular complexity index is 1180. The molecule has 0 fully saturated rings. The number of ketones is 1. The number of fused-ring (bicyclic) bond motifs is 1. The predicted molar refractivity (Wildman–Crippen MR) is 113 cm³/mol. The van der Waals surface area contributed by atoms with Crippen molar-refractivity contribution in [3.8, 4) is 16.9 Å². The number of benzene rings is 2. The summed E-state index contributed by atoms with van der Waals surface area (Å²) < 4.78 is 7.29. The van der Waals surface area contributed by atoms with Gasteiger partial charge in [0.05, 0.1) is 12.3 Å². The molecule has 0 spiro atoms. The molecule has 0 saturated heterocycles. The molecule has 0 aliphatic carbocycles. The number of nitrogens with one attached hydrogen (secondary N) is 1. The van der Waals surface area contributed by atoms with Crippen molar-refractivity contribution in [2.45, 2.75) is 6.92 Å². The van der Waals surface area contributed by atoms with Crippen molar-refractivity contribution in [3.05, 3.63) is 90.8 Å². The SMILES string of the molecule is CCOc1ccccc1NC(=O)C(=O)c1c(-c2ccccc2)cc2ccccn12. The Morgan fingerprint density at radius 3 is 2.45 bits per heavy atom. The molecule has 2 heterocycles. The van der Waals surface area contributed by atoms with Gasteiger partial charge in [-0.05, 0) is 42.8 Å². The molecule has 1 amide bonds. The van der Waals surface area contributed by atoms with Crippen LogP contribution in [0.25, 0.3) is 16.6 Å². The second-order valence-corrected chi connectivity index (χ2v) is 6.48. The minimum atomic E-state index is -0.710. The summed E-state index contributed by atoms with van der Waals surface area (Å²) in [6.07, 6.45) is 1.79. The lowest BCUT2D eigenvalue weighted by Gasteiger charge is -2.11. The fraction of sp³-hybridized carbons (Fsp3) is 0.0833. The molecule has 2 aromatic carbocycles. The number of rotatable bonds is 6. The quantitative estimate of drug-likeness (QED) is 0.383. The summed E-state index contributed by atoms with van der Waals surface area (Å²) in [6.45, 7) is 2.32. The highest BCUT2D eigenvalue weighted by atomic mass is 16.5. The van der Waals surface area contributed by atoms with E-state index in [-0.39, 0.29) is 0 Å². The van der Waals surface area contributed by atoms with E-state index < -0.39 is 11.7 Å². The van der Waals surface area contributed by atoms with E-state index in [1.807, 2.05) is 67.6 Å². The monoisotopic (exact) mass is 384 g/mol. The van der Waals surface area contributed by atoms with Crippen molar-refractivity contribution in [2.24, 2.45) is 0 Å². The van der Waals surface area contributed by atoms with Gasteiger partial charge < -0.3 is 14.5 Å². The number of nitrogens with zero attached hydrogens (tertiary/aromatic N) is 1. The molecule has 0 atom stereocenters. The number of ether oxygens (including phenoxy) is 1. The zero-order chi connectivity index (χ0) is 20.2. The number of carbonyl (C=O) groups excluding carboxylic acids is 2. The Balaban J connectivity index is 1.75. The zero-order valence-electron chi connectivity index (χ0n) is 16.0. The van der Waals surface area contributed by atoms with Crippen molar-refractivity contribution >= 4 is 22.9 Å². The van der Waals surface area contributed by atoms with Crippen LogP contribution in [-0.4, -0.2) is 22.7 Å². The summed E-state index contributed by atoms with van der Waals surface area (Å²) >= 11 is 0. The maximum Gasteiger partial charge on any atom is 0.298 e. The molecule has 0 aliphatic heterocycles. The van der Waals surface area contributed by atoms with Crippen LogP contribution in [0.4, 0.5) is 5.69 Å². The van der Waals surface area contributed by atoms with Crippen LogP contribution >= 0.6 is 0 Å². The number of para-hydroxylation sites is 2. The molecule has 2 aromatic heterocycles. The van der Waals surface area contributed by atoms with Gasteiger partial charge in [-0.25, -0.2) is 0 Å². The van der Waals surface area contributed by atoms with Crippen LogP contribution < -0.4 is 10.1 Å². The van der Waals surface area contributed by atoms with E-state index in [9.17, 15) is 9.59 Å². The lowest BCUT2D eigenvalue weighted by atomic mass is 10.0. The maximum atomic E-state index is 13.2. The van der Waals surface area contributed by atoms with Gasteiger partial charge in [-0.2, -0.15) is 0 Å². The van der Waals surface area contributed by atoms with Gasteiger partial charge >= 0.3 is 0 Å². The topological polar surface area (TPSA) is 59.8 Å². The number of pyridine rings is 1. The van der Waals surface area contributed by atoms with E-state index in [2.05, 4.69) is 5.32 Å². The van der Waals surface area contributed by atoms with E-state index in [1.165, 1.54) is 0 Å². The highest BCUT2D eigenvalue weighted by Gasteiger charge is 2.25. The third-order valence-electron chi connectivity index (χ3n) is 4.62. The molecule has 0 unspecified atom stereocenters. The van der Waals surface area contributed by atoms with Gasteiger partial charge in [0.25, 0.3) is 11.7 Å². The van der Waals surface area contributed by atoms with E-state index >= 15 is 0 Å². The summed E-state index contributed by atoms with van der Waals surface area (Å²) in [6, 6.07) is 24.2. The van der Waals surface area contributed by atoms with Gasteiger partial charge in [-0.1, -0.05) is 48.5 Å². The van der Waals surface area contributed by atoms with Crippen LogP contribution in [0.5, 0.6) is 5.75 Å². The first kappa shape index (κ1) is 18.5. The molecule has 0 bridgehead atoms. The van der Waals surface area contributed by atoms with Crippen molar-refractivity contribution < 1.29 is 14.3 Å². The van der Waals surface area contributed by atoms with Gasteiger partial charge in [0, 0.05) is 17.3 Å². The lowest BCUT2D eigenvalue weighted by molar-refractivity contribution is -0.112. The van der Waals surface area contributed by atoms with Crippen LogP contribution in [-0.2, 0) is 4.79 Å². The van der Waals surface area contributed by atoms with Crippen molar-refractivity contribution in [1.82, 2.24) is 4.40 Å². The molecule has 5 heteroatoms. The Morgan fingerprint density at radius 2 is 1.66 bits per heavy atom. The third-order valence-corrected chi connectivity index (χ3v) is 4.62. The van der Waals surface area contributed by atoms with Crippen LogP contribution in [0.15, 0.2) is 85.1 Å². The average Bonchev–Trinajstić information content (AvgIpc) is 3.15. The van der Waals surface area contributed by atoms with E-state index in [0.717, 1.165) is 16.6 Å². The van der Waals surface area contributed by atoms with E-state index in [0.29, 0.717) is 23.7 Å². The second kappa shape index (κ2) is 8.02. The smallest absolute Gasteiger partial charge is 0.298 e. The van der Waals surface area contributed by atoms with Crippen molar-refractivity contribution in [1.29, 1.82) is 0 Å². The summed E-state index contributed by atoms with van der Waals surface area (Å²) in [5.74, 6) is -0.793. The number of carbonyl (C=O) groups is 2. The highest BCUT2D eigenvalue weighted by Crippen LogP contribution is 2.29. The largest absolute Gasteiger partial charge is 0.492 e. The molecule has 5 nitrogen and oxygen atoms in total. The number of hydrogen-bond donors (Lipinski definition) is 1. The van der Waals surface area contributed by atoms with Crippen LogP contribution in [0.1, 0.15) is 17.4 Å². The third kappa shape index (κ3) is 3.62. The lowest BCUT2D eigenvalue weighted by Crippen LogP contribution is -2.25. The van der Waals surface area contributed by atoms with Crippen LogP contribution in [0, 0.1) is 0 Å². The zero-order valence-corrected chi connectivity index (χ0v) is 16.0. The summed E-state index contributed by atoms with van der Waals surface area (Å²) in [5.41, 5.74) is 3.24. The van der Waals surface area contributed by atoms with Crippen molar-refractivity contribution in [3.63, 3.8) is 0 Å². The molecular weight excluding hydrogens is 364 g/mol. The summed E-state index contributed by atoms with van der Waals surface area (Å²) in [4.78, 5) is 26.1. The van der Waals surface area contributed by atoms with Crippen LogP contribution in [0.2, 0.25) is 0 Å². The summed E-state index contributed by atoms with van der Waals surface area (Å²) in [5, 5.41) is 2.70. The standard InChI is InChI=1S/C24H20N2O3/c1-2-29-21-14-7-6-13-20(21)25-24(28)23(27)22-19(17-10-4-3-5-11-17)16-18-12-8-9-15-26(18)22/h3-16H,2H2,1H3,(H,25,28). The first-order valence-electron chi connectivity index (χ1n) is 9.42. The number of anilines is 1. The number of amides is 1. The Morgan fingerprint density at radius 1 is 0.931 bits per heavy atom. The van der Waals surface area contributed by atoms with Gasteiger partial charge in [0.2, 0.25) is 0 Å². The van der Waals surface area contributed by atoms with E-state index in [4.69, 9.17) is 4.74 Å². The van der Waals surface area contributed by atoms with E-state index in [1.54, 1.807) is 28.8 Å². The molecule has 29 heavy (non-hydrogen) atoms. The fourth-order valence-electron chi connectivity index (χ4n) is 3.33. The van der Waals surface area contributed by atoms with Gasteiger partial charge in [-0.3, -0.25) is 9.59 Å². The fourth-order valence-corrected chi connectivity index (χ4v) is 3.33. The first-order valence-corrected chi connectivity index (χ1v) is 9.42. The first-order chi connectivity index (χ1) is 14.2. The Kier molecular flexibility index (Phi) is 5.12. The molecule has 0 saturated carbocycles. The Labute approximate surface area is 168 Å². The molecular formula is C24H20N2O3. The second-order valence-electron chi connectivity index (χ2n) is 6.48. The van der Waals surface area contributed by atoms with Gasteiger partial charge in [0.1, 0.15) is 11.4 Å². The molecule has 0 aliphatic rings. The minimum absolute atomic E-state index is 0.332. The molecule has 4 aromatic rings. The molecule has 4 rings (SSSR count). The molecule has 1 N–H and O–H groups in total. The number of aromatic nitrogens is 1. The average molecular weight is 384 g/mol. The van der Waals surface area contributed by atoms with Crippen LogP contribution in [0.3, 0.4) is 0 Å². The Hall–Kier alpha value is -3.86. The molecule has 0 radical (unpaired) electrons. The van der Waals surface area contributed by atoms with Gasteiger partial charge in [0.15, 0.2) is 0 Å². The minimum Gasteiger partial charge on any atom is -0.492 e. The molecule has 144 valence electrons. The number of Topliss-reactive ketones (excluding diaryl/α,β-unsaturated/α-hetero) is 1. The maximum absolute atomic E-state index is 13.2. The normalized spacial score (nSPS) is 10.7. The summed E-state index contributed by atoms with van der Waals surface area (Å²) in [7, 11) is 0. The number of hydrogen-bond acceptors (Lipinski definition) is 3.